The molecule has 0 aromatic heterocycles. The first-order valence-corrected chi connectivity index (χ1v) is 9.34. The van der Waals surface area contributed by atoms with Gasteiger partial charge in [0.15, 0.2) is 6.23 Å². The molecule has 2 aromatic rings. The third-order valence-corrected chi connectivity index (χ3v) is 4.83. The third-order valence-electron chi connectivity index (χ3n) is 4.02. The second kappa shape index (κ2) is 8.62. The zero-order valence-corrected chi connectivity index (χ0v) is 16.2. The summed E-state index contributed by atoms with van der Waals surface area (Å²) in [5.41, 5.74) is 1.47. The van der Waals surface area contributed by atoms with E-state index in [2.05, 4.69) is 10.6 Å². The van der Waals surface area contributed by atoms with Crippen LogP contribution in [-0.2, 0) is 4.79 Å². The fraction of sp³-hybridized carbons (Fsp3) is 0.150. The number of thioether (sulfide) groups is 1. The van der Waals surface area contributed by atoms with Crippen LogP contribution in [0.5, 0.6) is 5.75 Å². The Morgan fingerprint density at radius 2 is 1.82 bits per heavy atom. The molecule has 2 aromatic carbocycles. The highest BCUT2D eigenvalue weighted by atomic mass is 32.2. The van der Waals surface area contributed by atoms with Crippen molar-refractivity contribution < 1.29 is 19.1 Å². The number of carbonyl (C=O) groups excluding carboxylic acids is 3. The van der Waals surface area contributed by atoms with Gasteiger partial charge in [0.25, 0.3) is 11.1 Å². The van der Waals surface area contributed by atoms with Crippen molar-refractivity contribution in [2.24, 2.45) is 0 Å². The smallest absolute Gasteiger partial charge is 0.324 e. The number of rotatable bonds is 5. The number of carbonyl (C=O) groups is 3. The number of ether oxygens (including phenoxy) is 1. The molecule has 1 heterocycles. The van der Waals surface area contributed by atoms with Gasteiger partial charge in [-0.15, -0.1) is 0 Å². The summed E-state index contributed by atoms with van der Waals surface area (Å²) in [4.78, 5) is 36.9. The summed E-state index contributed by atoms with van der Waals surface area (Å²) in [5.74, 6) is 0.184. The monoisotopic (exact) mass is 397 g/mol. The number of amides is 4. The first-order valence-electron chi connectivity index (χ1n) is 8.53. The number of para-hydroxylation sites is 1. The van der Waals surface area contributed by atoms with Gasteiger partial charge in [0.2, 0.25) is 0 Å². The molecular formula is C20H19N3O4S. The lowest BCUT2D eigenvalue weighted by Gasteiger charge is -2.26. The van der Waals surface area contributed by atoms with Crippen molar-refractivity contribution >= 4 is 40.7 Å². The highest BCUT2D eigenvalue weighted by Crippen LogP contribution is 2.26. The lowest BCUT2D eigenvalue weighted by Crippen LogP contribution is -2.41. The van der Waals surface area contributed by atoms with E-state index < -0.39 is 12.1 Å². The summed E-state index contributed by atoms with van der Waals surface area (Å²) in [6.07, 6.45) is 1.14. The first kappa shape index (κ1) is 19.5. The Hall–Kier alpha value is -3.26. The minimum atomic E-state index is -0.498. The van der Waals surface area contributed by atoms with Crippen LogP contribution in [0.1, 0.15) is 12.5 Å². The molecule has 1 atom stereocenters. The number of imide groups is 1. The van der Waals surface area contributed by atoms with Crippen LogP contribution in [0.3, 0.4) is 0 Å². The van der Waals surface area contributed by atoms with Crippen molar-refractivity contribution in [2.45, 2.75) is 13.2 Å². The van der Waals surface area contributed by atoms with Gasteiger partial charge < -0.3 is 10.1 Å². The molecule has 2 N–H and O–H groups in total. The van der Waals surface area contributed by atoms with Gasteiger partial charge in [-0.05, 0) is 54.6 Å². The summed E-state index contributed by atoms with van der Waals surface area (Å²) < 4.78 is 5.80. The molecule has 144 valence electrons. The number of hydrogen-bond acceptors (Lipinski definition) is 5. The molecular weight excluding hydrogens is 378 g/mol. The summed E-state index contributed by atoms with van der Waals surface area (Å²) in [7, 11) is 1.65. The van der Waals surface area contributed by atoms with Gasteiger partial charge in [-0.3, -0.25) is 19.8 Å². The maximum Gasteiger partial charge on any atom is 0.324 e. The molecule has 8 heteroatoms. The molecule has 4 amide bonds. The Kier molecular flexibility index (Phi) is 6.00. The number of nitrogens with zero attached hydrogens (tertiary/aromatic N) is 1. The number of anilines is 1. The van der Waals surface area contributed by atoms with Crippen molar-refractivity contribution in [2.75, 3.05) is 12.4 Å². The van der Waals surface area contributed by atoms with Gasteiger partial charge in [0, 0.05) is 12.7 Å². The average molecular weight is 397 g/mol. The number of benzene rings is 2. The lowest BCUT2D eigenvalue weighted by atomic mass is 10.2. The minimum Gasteiger partial charge on any atom is -0.471 e. The van der Waals surface area contributed by atoms with Crippen LogP contribution >= 0.6 is 11.8 Å². The average Bonchev–Trinajstić information content (AvgIpc) is 3.00. The van der Waals surface area contributed by atoms with Gasteiger partial charge in [-0.1, -0.05) is 30.3 Å². The molecule has 0 radical (unpaired) electrons. The van der Waals surface area contributed by atoms with Gasteiger partial charge in [-0.25, -0.2) is 4.79 Å². The topological polar surface area (TPSA) is 87.7 Å². The van der Waals surface area contributed by atoms with Crippen LogP contribution in [0.4, 0.5) is 15.3 Å². The van der Waals surface area contributed by atoms with Gasteiger partial charge in [0.1, 0.15) is 5.75 Å². The third kappa shape index (κ3) is 4.92. The van der Waals surface area contributed by atoms with Crippen molar-refractivity contribution in [3.8, 4) is 5.75 Å². The maximum absolute atomic E-state index is 12.3. The molecule has 3 rings (SSSR count). The molecule has 1 unspecified atom stereocenters. The van der Waals surface area contributed by atoms with E-state index in [1.165, 1.54) is 4.90 Å². The van der Waals surface area contributed by atoms with Crippen LogP contribution in [-0.4, -0.2) is 35.4 Å². The largest absolute Gasteiger partial charge is 0.471 e. The van der Waals surface area contributed by atoms with E-state index in [4.69, 9.17) is 4.74 Å². The molecule has 1 aliphatic rings. The quantitative estimate of drug-likeness (QED) is 0.590. The Labute approximate surface area is 166 Å². The zero-order valence-electron chi connectivity index (χ0n) is 15.3. The van der Waals surface area contributed by atoms with Crippen LogP contribution in [0.15, 0.2) is 59.5 Å². The Morgan fingerprint density at radius 3 is 2.43 bits per heavy atom. The highest BCUT2D eigenvalue weighted by Gasteiger charge is 2.24. The SMILES string of the molecule is CC(Oc1ccc(/C=C2\SC(=O)NC2=O)cc1)N(C)C(=O)Nc1ccccc1. The predicted molar refractivity (Wildman–Crippen MR) is 109 cm³/mol. The van der Waals surface area contributed by atoms with Crippen LogP contribution in [0, 0.1) is 0 Å². The molecule has 0 bridgehead atoms. The van der Waals surface area contributed by atoms with Crippen molar-refractivity contribution in [3.63, 3.8) is 0 Å². The first-order chi connectivity index (χ1) is 13.4. The van der Waals surface area contributed by atoms with E-state index >= 15 is 0 Å². The molecule has 0 saturated carbocycles. The van der Waals surface area contributed by atoms with E-state index in [1.54, 1.807) is 56.4 Å². The van der Waals surface area contributed by atoms with Crippen LogP contribution in [0.2, 0.25) is 0 Å². The number of nitrogens with one attached hydrogen (secondary N) is 2. The number of hydrogen-bond donors (Lipinski definition) is 2. The summed E-state index contributed by atoms with van der Waals surface area (Å²) >= 11 is 0.870. The Bertz CT molecular complexity index is 913. The second-order valence-electron chi connectivity index (χ2n) is 6.05. The molecule has 0 aliphatic carbocycles. The molecule has 1 saturated heterocycles. The summed E-state index contributed by atoms with van der Waals surface area (Å²) in [5, 5.41) is 4.64. The van der Waals surface area contributed by atoms with Crippen molar-refractivity contribution in [3.05, 3.63) is 65.1 Å². The zero-order chi connectivity index (χ0) is 20.1. The molecule has 0 spiro atoms. The van der Waals surface area contributed by atoms with E-state index in [0.717, 1.165) is 17.3 Å². The maximum atomic E-state index is 12.3. The van der Waals surface area contributed by atoms with Crippen molar-refractivity contribution in [1.29, 1.82) is 0 Å². The molecule has 1 fully saturated rings. The van der Waals surface area contributed by atoms with Crippen LogP contribution in [0.25, 0.3) is 6.08 Å². The van der Waals surface area contributed by atoms with Crippen LogP contribution < -0.4 is 15.4 Å². The lowest BCUT2D eigenvalue weighted by molar-refractivity contribution is -0.115. The van der Waals surface area contributed by atoms with E-state index in [1.807, 2.05) is 18.2 Å². The molecule has 1 aliphatic heterocycles. The molecule has 7 nitrogen and oxygen atoms in total. The fourth-order valence-electron chi connectivity index (χ4n) is 2.39. The normalized spacial score (nSPS) is 15.9. The van der Waals surface area contributed by atoms with Gasteiger partial charge in [-0.2, -0.15) is 0 Å². The standard InChI is InChI=1S/C20H19N3O4S/c1-13(23(2)19(25)21-15-6-4-3-5-7-15)27-16-10-8-14(9-11-16)12-17-18(24)22-20(26)28-17/h3-13H,1-2H3,(H,21,25)(H,22,24,26)/b17-12-. The second-order valence-corrected chi connectivity index (χ2v) is 7.06. The van der Waals surface area contributed by atoms with E-state index in [0.29, 0.717) is 16.3 Å². The minimum absolute atomic E-state index is 0.283. The molecule has 28 heavy (non-hydrogen) atoms. The van der Waals surface area contributed by atoms with Gasteiger partial charge >= 0.3 is 6.03 Å². The fourth-order valence-corrected chi connectivity index (χ4v) is 3.07. The number of urea groups is 1. The Morgan fingerprint density at radius 1 is 1.14 bits per heavy atom. The van der Waals surface area contributed by atoms with E-state index in [9.17, 15) is 14.4 Å². The summed E-state index contributed by atoms with van der Waals surface area (Å²) in [6.45, 7) is 1.77. The summed E-state index contributed by atoms with van der Waals surface area (Å²) in [6, 6.07) is 15.9. The predicted octanol–water partition coefficient (Wildman–Crippen LogP) is 3.90. The van der Waals surface area contributed by atoms with Crippen molar-refractivity contribution in [1.82, 2.24) is 10.2 Å². The van der Waals surface area contributed by atoms with E-state index in [-0.39, 0.29) is 11.3 Å². The van der Waals surface area contributed by atoms with Gasteiger partial charge in [0.05, 0.1) is 4.91 Å². The Balaban J connectivity index is 1.58. The highest BCUT2D eigenvalue weighted by molar-refractivity contribution is 8.18.